The monoisotopic (exact) mass is 270 g/mol. The number of hydrogen-bond donors (Lipinski definition) is 1. The van der Waals surface area contributed by atoms with Gasteiger partial charge in [0.25, 0.3) is 10.1 Å². The zero-order valence-corrected chi connectivity index (χ0v) is 11.1. The Hall–Kier alpha value is -0.910. The summed E-state index contributed by atoms with van der Waals surface area (Å²) in [7, 11) is -3.86. The highest BCUT2D eigenvalue weighted by atomic mass is 32.2. The first-order valence-corrected chi connectivity index (χ1v) is 7.67. The summed E-state index contributed by atoms with van der Waals surface area (Å²) < 4.78 is 36.1. The minimum absolute atomic E-state index is 0.0146. The lowest BCUT2D eigenvalue weighted by atomic mass is 9.73. The Kier molecular flexibility index (Phi) is 4.04. The van der Waals surface area contributed by atoms with E-state index in [2.05, 4.69) is 0 Å². The highest BCUT2D eigenvalue weighted by Crippen LogP contribution is 2.37. The maximum Gasteiger partial charge on any atom is 0.265 e. The van der Waals surface area contributed by atoms with Gasteiger partial charge in [0.2, 0.25) is 0 Å². The summed E-state index contributed by atoms with van der Waals surface area (Å²) in [5.41, 5.74) is 1.11. The van der Waals surface area contributed by atoms with Crippen LogP contribution >= 0.6 is 0 Å². The summed E-state index contributed by atoms with van der Waals surface area (Å²) in [6, 6.07) is 9.88. The van der Waals surface area contributed by atoms with E-state index < -0.39 is 10.1 Å². The van der Waals surface area contributed by atoms with E-state index in [4.69, 9.17) is 9.29 Å². The number of hydrogen-bond acceptors (Lipinski definition) is 3. The molecule has 0 aromatic heterocycles. The molecule has 2 rings (SSSR count). The lowest BCUT2D eigenvalue weighted by Crippen LogP contribution is -2.44. The molecule has 0 radical (unpaired) electrons. The molecule has 0 saturated heterocycles. The van der Waals surface area contributed by atoms with Crippen molar-refractivity contribution in [2.45, 2.75) is 26.1 Å². The van der Waals surface area contributed by atoms with Gasteiger partial charge in [-0.1, -0.05) is 37.3 Å². The van der Waals surface area contributed by atoms with Crippen LogP contribution in [-0.2, 0) is 21.5 Å². The molecule has 4 nitrogen and oxygen atoms in total. The molecular weight excluding hydrogens is 252 g/mol. The molecule has 1 aliphatic carbocycles. The van der Waals surface area contributed by atoms with Gasteiger partial charge in [-0.2, -0.15) is 8.42 Å². The van der Waals surface area contributed by atoms with Crippen LogP contribution in [0.3, 0.4) is 0 Å². The highest BCUT2D eigenvalue weighted by Gasteiger charge is 2.40. The van der Waals surface area contributed by atoms with Crippen LogP contribution in [0.4, 0.5) is 0 Å². The molecule has 1 aliphatic rings. The Balaban J connectivity index is 1.78. The van der Waals surface area contributed by atoms with Crippen LogP contribution in [0.1, 0.15) is 18.9 Å². The smallest absolute Gasteiger partial charge is 0.265 e. The molecule has 3 unspecified atom stereocenters. The fourth-order valence-electron chi connectivity index (χ4n) is 2.32. The zero-order valence-electron chi connectivity index (χ0n) is 10.3. The maximum absolute atomic E-state index is 10.8. The first-order chi connectivity index (χ1) is 8.46. The van der Waals surface area contributed by atoms with Gasteiger partial charge < -0.3 is 4.74 Å². The molecule has 100 valence electrons. The Morgan fingerprint density at radius 2 is 2.00 bits per heavy atom. The second-order valence-electron chi connectivity index (χ2n) is 4.94. The maximum atomic E-state index is 10.8. The quantitative estimate of drug-likeness (QED) is 0.832. The first-order valence-electron chi connectivity index (χ1n) is 6.06. The molecule has 1 fully saturated rings. The van der Waals surface area contributed by atoms with E-state index in [1.54, 1.807) is 0 Å². The fourth-order valence-corrected chi connectivity index (χ4v) is 3.30. The Morgan fingerprint density at radius 3 is 2.56 bits per heavy atom. The summed E-state index contributed by atoms with van der Waals surface area (Å²) >= 11 is 0. The van der Waals surface area contributed by atoms with Crippen molar-refractivity contribution >= 4 is 10.1 Å². The molecular formula is C13H18O4S. The lowest BCUT2D eigenvalue weighted by molar-refractivity contribution is -0.0807. The van der Waals surface area contributed by atoms with Gasteiger partial charge in [0, 0.05) is 0 Å². The Bertz CT molecular complexity index is 483. The van der Waals surface area contributed by atoms with Crippen molar-refractivity contribution in [2.75, 3.05) is 5.75 Å². The molecule has 1 aromatic carbocycles. The third kappa shape index (κ3) is 3.54. The zero-order chi connectivity index (χ0) is 13.2. The van der Waals surface area contributed by atoms with Crippen LogP contribution < -0.4 is 0 Å². The van der Waals surface area contributed by atoms with Gasteiger partial charge >= 0.3 is 0 Å². The second kappa shape index (κ2) is 5.38. The number of benzene rings is 1. The van der Waals surface area contributed by atoms with Crippen molar-refractivity contribution in [1.82, 2.24) is 0 Å². The second-order valence-corrected chi connectivity index (χ2v) is 6.44. The van der Waals surface area contributed by atoms with Gasteiger partial charge in [-0.25, -0.2) is 0 Å². The van der Waals surface area contributed by atoms with Gasteiger partial charge in [0.1, 0.15) is 0 Å². The van der Waals surface area contributed by atoms with Gasteiger partial charge in [0.15, 0.2) is 0 Å². The van der Waals surface area contributed by atoms with E-state index in [-0.39, 0.29) is 23.7 Å². The van der Waals surface area contributed by atoms with Gasteiger partial charge in [-0.05, 0) is 23.8 Å². The fraction of sp³-hybridized carbons (Fsp3) is 0.538. The largest absolute Gasteiger partial charge is 0.373 e. The van der Waals surface area contributed by atoms with Crippen LogP contribution in [0, 0.1) is 11.8 Å². The third-order valence-electron chi connectivity index (χ3n) is 3.60. The molecule has 1 saturated carbocycles. The summed E-state index contributed by atoms with van der Waals surface area (Å²) in [5.74, 6) is 0.0377. The van der Waals surface area contributed by atoms with Crippen LogP contribution in [-0.4, -0.2) is 24.8 Å². The average Bonchev–Trinajstić information content (AvgIpc) is 2.32. The topological polar surface area (TPSA) is 63.6 Å². The number of ether oxygens (including phenoxy) is 1. The van der Waals surface area contributed by atoms with Gasteiger partial charge in [-0.3, -0.25) is 4.55 Å². The average molecular weight is 270 g/mol. The normalized spacial score (nSPS) is 27.8. The highest BCUT2D eigenvalue weighted by molar-refractivity contribution is 7.85. The van der Waals surface area contributed by atoms with Crippen molar-refractivity contribution in [1.29, 1.82) is 0 Å². The predicted octanol–water partition coefficient (Wildman–Crippen LogP) is 2.12. The van der Waals surface area contributed by atoms with Gasteiger partial charge in [-0.15, -0.1) is 0 Å². The molecule has 3 atom stereocenters. The van der Waals surface area contributed by atoms with Crippen LogP contribution in [0.15, 0.2) is 30.3 Å². The molecule has 1 N–H and O–H groups in total. The lowest BCUT2D eigenvalue weighted by Gasteiger charge is -2.41. The van der Waals surface area contributed by atoms with Crippen molar-refractivity contribution in [3.8, 4) is 0 Å². The molecule has 0 spiro atoms. The molecule has 5 heteroatoms. The van der Waals surface area contributed by atoms with Crippen molar-refractivity contribution < 1.29 is 17.7 Å². The minimum atomic E-state index is -3.86. The summed E-state index contributed by atoms with van der Waals surface area (Å²) in [4.78, 5) is 0. The molecule has 18 heavy (non-hydrogen) atoms. The SMILES string of the molecule is CC1C(CS(=O)(=O)O)CC1OCc1ccccc1. The van der Waals surface area contributed by atoms with Crippen molar-refractivity contribution in [2.24, 2.45) is 11.8 Å². The van der Waals surface area contributed by atoms with Crippen LogP contribution in [0.2, 0.25) is 0 Å². The summed E-state index contributed by atoms with van der Waals surface area (Å²) in [6.07, 6.45) is 0.797. The van der Waals surface area contributed by atoms with E-state index in [0.717, 1.165) is 5.56 Å². The van der Waals surface area contributed by atoms with Crippen molar-refractivity contribution in [3.63, 3.8) is 0 Å². The molecule has 1 aromatic rings. The van der Waals surface area contributed by atoms with E-state index in [0.29, 0.717) is 13.0 Å². The molecule has 0 heterocycles. The summed E-state index contributed by atoms with van der Waals surface area (Å²) in [6.45, 7) is 2.52. The number of rotatable bonds is 5. The van der Waals surface area contributed by atoms with E-state index in [1.807, 2.05) is 37.3 Å². The van der Waals surface area contributed by atoms with Crippen LogP contribution in [0.25, 0.3) is 0 Å². The standard InChI is InChI=1S/C13H18O4S/c1-10-12(9-18(14,15)16)7-13(10)17-8-11-5-3-2-4-6-11/h2-6,10,12-13H,7-9H2,1H3,(H,14,15,16). The van der Waals surface area contributed by atoms with Gasteiger partial charge in [0.05, 0.1) is 18.5 Å². The molecule has 0 bridgehead atoms. The predicted molar refractivity (Wildman–Crippen MR) is 68.7 cm³/mol. The third-order valence-corrected chi connectivity index (χ3v) is 4.45. The Morgan fingerprint density at radius 1 is 1.33 bits per heavy atom. The van der Waals surface area contributed by atoms with Crippen LogP contribution in [0.5, 0.6) is 0 Å². The van der Waals surface area contributed by atoms with Crippen molar-refractivity contribution in [3.05, 3.63) is 35.9 Å². The van der Waals surface area contributed by atoms with E-state index in [1.165, 1.54) is 0 Å². The molecule has 0 aliphatic heterocycles. The van der Waals surface area contributed by atoms with E-state index >= 15 is 0 Å². The summed E-state index contributed by atoms with van der Waals surface area (Å²) in [5, 5.41) is 0. The first kappa shape index (κ1) is 13.5. The molecule has 0 amide bonds. The van der Waals surface area contributed by atoms with E-state index in [9.17, 15) is 8.42 Å². The minimum Gasteiger partial charge on any atom is -0.373 e. The Labute approximate surface area is 108 Å².